The Morgan fingerprint density at radius 2 is 2.06 bits per heavy atom. The molecular formula is C14H20N2OS. The summed E-state index contributed by atoms with van der Waals surface area (Å²) in [7, 11) is 0. The molecule has 2 rings (SSSR count). The third-order valence-electron chi connectivity index (χ3n) is 3.60. The van der Waals surface area contributed by atoms with E-state index in [-0.39, 0.29) is 0 Å². The van der Waals surface area contributed by atoms with Crippen LogP contribution < -0.4 is 11.1 Å². The number of anilines is 1. The summed E-state index contributed by atoms with van der Waals surface area (Å²) in [5, 5.41) is 3.48. The Kier molecular flexibility index (Phi) is 4.19. The summed E-state index contributed by atoms with van der Waals surface area (Å²) >= 11 is 5.07. The van der Waals surface area contributed by atoms with Crippen LogP contribution in [0.25, 0.3) is 0 Å². The second-order valence-corrected chi connectivity index (χ2v) is 5.63. The van der Waals surface area contributed by atoms with Gasteiger partial charge >= 0.3 is 0 Å². The summed E-state index contributed by atoms with van der Waals surface area (Å²) in [6, 6.07) is 7.93. The van der Waals surface area contributed by atoms with Gasteiger partial charge in [0.2, 0.25) is 0 Å². The van der Waals surface area contributed by atoms with Gasteiger partial charge in [0.25, 0.3) is 0 Å². The molecule has 1 aromatic rings. The molecule has 0 amide bonds. The molecule has 0 atom stereocenters. The summed E-state index contributed by atoms with van der Waals surface area (Å²) in [6.45, 7) is 4.94. The van der Waals surface area contributed by atoms with Gasteiger partial charge in [-0.05, 0) is 30.4 Å². The molecule has 0 aromatic heterocycles. The van der Waals surface area contributed by atoms with Crippen LogP contribution in [0.1, 0.15) is 25.3 Å². The molecular weight excluding hydrogens is 244 g/mol. The molecule has 0 aliphatic carbocycles. The Bertz CT molecular complexity index is 428. The Hall–Kier alpha value is -1.13. The number of ether oxygens (including phenoxy) is 1. The van der Waals surface area contributed by atoms with Crippen LogP contribution in [0, 0.1) is 5.41 Å². The summed E-state index contributed by atoms with van der Waals surface area (Å²) in [4.78, 5) is 0.440. The van der Waals surface area contributed by atoms with Gasteiger partial charge in [0, 0.05) is 31.0 Å². The Morgan fingerprint density at radius 1 is 1.39 bits per heavy atom. The van der Waals surface area contributed by atoms with Crippen LogP contribution in [-0.2, 0) is 4.74 Å². The quantitative estimate of drug-likeness (QED) is 0.821. The lowest BCUT2D eigenvalue weighted by atomic mass is 9.82. The van der Waals surface area contributed by atoms with Crippen molar-refractivity contribution in [2.45, 2.75) is 19.8 Å². The number of benzene rings is 1. The summed E-state index contributed by atoms with van der Waals surface area (Å²) < 4.78 is 5.41. The maximum atomic E-state index is 5.73. The molecule has 0 saturated carbocycles. The molecule has 0 unspecified atom stereocenters. The zero-order valence-corrected chi connectivity index (χ0v) is 11.6. The van der Waals surface area contributed by atoms with Gasteiger partial charge in [0.1, 0.15) is 4.99 Å². The molecule has 1 heterocycles. The average molecular weight is 264 g/mol. The van der Waals surface area contributed by atoms with Gasteiger partial charge in [-0.25, -0.2) is 0 Å². The van der Waals surface area contributed by atoms with E-state index < -0.39 is 0 Å². The first-order valence-electron chi connectivity index (χ1n) is 6.31. The van der Waals surface area contributed by atoms with E-state index in [1.807, 2.05) is 24.3 Å². The first kappa shape index (κ1) is 13.3. The van der Waals surface area contributed by atoms with Gasteiger partial charge in [0.15, 0.2) is 0 Å². The Balaban J connectivity index is 2.03. The molecule has 0 spiro atoms. The maximum absolute atomic E-state index is 5.73. The summed E-state index contributed by atoms with van der Waals surface area (Å²) in [6.07, 6.45) is 2.18. The van der Waals surface area contributed by atoms with Crippen molar-refractivity contribution in [1.82, 2.24) is 0 Å². The van der Waals surface area contributed by atoms with Crippen molar-refractivity contribution < 1.29 is 4.74 Å². The van der Waals surface area contributed by atoms with Gasteiger partial charge in [-0.2, -0.15) is 0 Å². The van der Waals surface area contributed by atoms with E-state index in [1.165, 1.54) is 0 Å². The van der Waals surface area contributed by atoms with E-state index in [0.29, 0.717) is 10.4 Å². The first-order chi connectivity index (χ1) is 8.61. The third kappa shape index (κ3) is 3.21. The van der Waals surface area contributed by atoms with Crippen molar-refractivity contribution in [3.63, 3.8) is 0 Å². The van der Waals surface area contributed by atoms with Gasteiger partial charge in [-0.3, -0.25) is 0 Å². The Labute approximate surface area is 114 Å². The largest absolute Gasteiger partial charge is 0.389 e. The topological polar surface area (TPSA) is 47.3 Å². The highest BCUT2D eigenvalue weighted by molar-refractivity contribution is 7.80. The highest BCUT2D eigenvalue weighted by atomic mass is 32.1. The van der Waals surface area contributed by atoms with Crippen molar-refractivity contribution in [2.75, 3.05) is 25.1 Å². The number of hydrogen-bond acceptors (Lipinski definition) is 3. The SMILES string of the molecule is CC1(CNc2ccccc2C(N)=S)CCOCC1. The molecule has 0 radical (unpaired) electrons. The van der Waals surface area contributed by atoms with Crippen molar-refractivity contribution in [3.05, 3.63) is 29.8 Å². The van der Waals surface area contributed by atoms with Crippen LogP contribution in [0.2, 0.25) is 0 Å². The van der Waals surface area contributed by atoms with E-state index in [1.54, 1.807) is 0 Å². The lowest BCUT2D eigenvalue weighted by molar-refractivity contribution is 0.0300. The molecule has 1 aromatic carbocycles. The summed E-state index contributed by atoms with van der Waals surface area (Å²) in [5.41, 5.74) is 7.97. The minimum Gasteiger partial charge on any atom is -0.389 e. The molecule has 1 aliphatic heterocycles. The fourth-order valence-corrected chi connectivity index (χ4v) is 2.38. The zero-order chi connectivity index (χ0) is 13.0. The van der Waals surface area contributed by atoms with Crippen molar-refractivity contribution in [1.29, 1.82) is 0 Å². The van der Waals surface area contributed by atoms with Crippen LogP contribution in [0.5, 0.6) is 0 Å². The van der Waals surface area contributed by atoms with Crippen LogP contribution in [0.4, 0.5) is 5.69 Å². The van der Waals surface area contributed by atoms with Crippen molar-refractivity contribution in [2.24, 2.45) is 11.1 Å². The molecule has 0 bridgehead atoms. The lowest BCUT2D eigenvalue weighted by Crippen LogP contribution is -2.33. The molecule has 1 fully saturated rings. The number of thiocarbonyl (C=S) groups is 1. The fourth-order valence-electron chi connectivity index (χ4n) is 2.20. The van der Waals surface area contributed by atoms with E-state index in [2.05, 4.69) is 12.2 Å². The number of nitrogens with one attached hydrogen (secondary N) is 1. The molecule has 1 aliphatic rings. The van der Waals surface area contributed by atoms with Crippen molar-refractivity contribution >= 4 is 22.9 Å². The van der Waals surface area contributed by atoms with Gasteiger partial charge in [-0.15, -0.1) is 0 Å². The predicted octanol–water partition coefficient (Wildman–Crippen LogP) is 2.55. The van der Waals surface area contributed by atoms with E-state index in [0.717, 1.165) is 43.9 Å². The second kappa shape index (κ2) is 5.67. The lowest BCUT2D eigenvalue weighted by Gasteiger charge is -2.34. The predicted molar refractivity (Wildman–Crippen MR) is 79.0 cm³/mol. The smallest absolute Gasteiger partial charge is 0.106 e. The van der Waals surface area contributed by atoms with Crippen LogP contribution >= 0.6 is 12.2 Å². The number of hydrogen-bond donors (Lipinski definition) is 2. The van der Waals surface area contributed by atoms with Crippen molar-refractivity contribution in [3.8, 4) is 0 Å². The van der Waals surface area contributed by atoms with Gasteiger partial charge in [0.05, 0.1) is 0 Å². The zero-order valence-electron chi connectivity index (χ0n) is 10.7. The third-order valence-corrected chi connectivity index (χ3v) is 3.82. The van der Waals surface area contributed by atoms with Crippen LogP contribution in [-0.4, -0.2) is 24.7 Å². The highest BCUT2D eigenvalue weighted by Crippen LogP contribution is 2.30. The molecule has 1 saturated heterocycles. The summed E-state index contributed by atoms with van der Waals surface area (Å²) in [5.74, 6) is 0. The Morgan fingerprint density at radius 3 is 2.72 bits per heavy atom. The molecule has 98 valence electrons. The van der Waals surface area contributed by atoms with E-state index >= 15 is 0 Å². The molecule has 3 N–H and O–H groups in total. The van der Waals surface area contributed by atoms with Crippen LogP contribution in [0.3, 0.4) is 0 Å². The fraction of sp³-hybridized carbons (Fsp3) is 0.500. The average Bonchev–Trinajstić information content (AvgIpc) is 2.38. The second-order valence-electron chi connectivity index (χ2n) is 5.19. The minimum atomic E-state index is 0.293. The number of para-hydroxylation sites is 1. The standard InChI is InChI=1S/C14H20N2OS/c1-14(6-8-17-9-7-14)10-16-12-5-3-2-4-11(12)13(15)18/h2-5,16H,6-10H2,1H3,(H2,15,18). The first-order valence-corrected chi connectivity index (χ1v) is 6.72. The minimum absolute atomic E-state index is 0.293. The molecule has 4 heteroatoms. The monoisotopic (exact) mass is 264 g/mol. The maximum Gasteiger partial charge on any atom is 0.106 e. The molecule has 3 nitrogen and oxygen atoms in total. The number of rotatable bonds is 4. The van der Waals surface area contributed by atoms with E-state index in [4.69, 9.17) is 22.7 Å². The van der Waals surface area contributed by atoms with Gasteiger partial charge < -0.3 is 15.8 Å². The van der Waals surface area contributed by atoms with E-state index in [9.17, 15) is 0 Å². The normalized spacial score (nSPS) is 18.3. The highest BCUT2D eigenvalue weighted by Gasteiger charge is 2.27. The number of nitrogens with two attached hydrogens (primary N) is 1. The van der Waals surface area contributed by atoms with Crippen LogP contribution in [0.15, 0.2) is 24.3 Å². The molecule has 18 heavy (non-hydrogen) atoms. The van der Waals surface area contributed by atoms with Gasteiger partial charge in [-0.1, -0.05) is 31.3 Å².